The normalized spacial score (nSPS) is 14.9. The molecule has 4 rings (SSSR count). The maximum atomic E-state index is 13.3. The SMILES string of the molecule is Cc1ccc(C(C)(C)C(=O)N2CCC(c3cncc(Nc4nc(C)cc(C)n4)n3)CC2)cc1. The van der Waals surface area contributed by atoms with Crippen molar-refractivity contribution in [3.8, 4) is 0 Å². The van der Waals surface area contributed by atoms with Gasteiger partial charge in [-0.3, -0.25) is 9.78 Å². The first-order valence-corrected chi connectivity index (χ1v) is 11.5. The Morgan fingerprint density at radius 3 is 2.24 bits per heavy atom. The zero-order valence-electron chi connectivity index (χ0n) is 20.1. The fourth-order valence-corrected chi connectivity index (χ4v) is 4.40. The number of anilines is 2. The number of likely N-dealkylation sites (tertiary alicyclic amines) is 1. The van der Waals surface area contributed by atoms with Gasteiger partial charge < -0.3 is 10.2 Å². The first-order valence-electron chi connectivity index (χ1n) is 11.5. The second-order valence-corrected chi connectivity index (χ2v) is 9.49. The van der Waals surface area contributed by atoms with E-state index in [0.29, 0.717) is 11.8 Å². The van der Waals surface area contributed by atoms with Gasteiger partial charge in [0.2, 0.25) is 11.9 Å². The maximum Gasteiger partial charge on any atom is 0.232 e. The highest BCUT2D eigenvalue weighted by atomic mass is 16.2. The van der Waals surface area contributed by atoms with E-state index in [9.17, 15) is 4.79 Å². The van der Waals surface area contributed by atoms with Crippen molar-refractivity contribution >= 4 is 17.7 Å². The van der Waals surface area contributed by atoms with E-state index >= 15 is 0 Å². The monoisotopic (exact) mass is 444 g/mol. The summed E-state index contributed by atoms with van der Waals surface area (Å²) in [5.41, 5.74) is 4.45. The lowest BCUT2D eigenvalue weighted by Gasteiger charge is -2.37. The molecule has 1 N–H and O–H groups in total. The summed E-state index contributed by atoms with van der Waals surface area (Å²) in [7, 11) is 0. The van der Waals surface area contributed by atoms with Crippen LogP contribution in [0, 0.1) is 20.8 Å². The van der Waals surface area contributed by atoms with E-state index in [-0.39, 0.29) is 11.8 Å². The van der Waals surface area contributed by atoms with Crippen molar-refractivity contribution < 1.29 is 4.79 Å². The van der Waals surface area contributed by atoms with Crippen LogP contribution in [0.3, 0.4) is 0 Å². The highest BCUT2D eigenvalue weighted by Gasteiger charge is 2.35. The molecule has 0 aliphatic carbocycles. The number of amides is 1. The zero-order chi connectivity index (χ0) is 23.6. The summed E-state index contributed by atoms with van der Waals surface area (Å²) in [6, 6.07) is 10.2. The summed E-state index contributed by atoms with van der Waals surface area (Å²) in [6.45, 7) is 11.4. The number of aryl methyl sites for hydroxylation is 3. The molecule has 0 unspecified atom stereocenters. The third-order valence-electron chi connectivity index (χ3n) is 6.38. The van der Waals surface area contributed by atoms with Crippen LogP contribution in [0.1, 0.15) is 60.8 Å². The van der Waals surface area contributed by atoms with E-state index < -0.39 is 5.41 Å². The number of piperidine rings is 1. The Hall–Kier alpha value is -3.35. The van der Waals surface area contributed by atoms with Crippen LogP contribution in [-0.2, 0) is 10.2 Å². The van der Waals surface area contributed by atoms with Gasteiger partial charge in [0.05, 0.1) is 17.3 Å². The first kappa shape index (κ1) is 22.8. The number of carbonyl (C=O) groups excluding carboxylic acids is 1. The van der Waals surface area contributed by atoms with Gasteiger partial charge in [-0.1, -0.05) is 29.8 Å². The number of benzene rings is 1. The van der Waals surface area contributed by atoms with Gasteiger partial charge in [0.25, 0.3) is 0 Å². The first-order chi connectivity index (χ1) is 15.7. The van der Waals surface area contributed by atoms with Crippen molar-refractivity contribution in [1.29, 1.82) is 0 Å². The molecular formula is C26H32N6O. The number of aromatic nitrogens is 4. The smallest absolute Gasteiger partial charge is 0.232 e. The topological polar surface area (TPSA) is 83.9 Å². The number of hydrogen-bond donors (Lipinski definition) is 1. The van der Waals surface area contributed by atoms with Crippen LogP contribution >= 0.6 is 0 Å². The Morgan fingerprint density at radius 1 is 0.970 bits per heavy atom. The Morgan fingerprint density at radius 2 is 1.61 bits per heavy atom. The molecule has 3 heterocycles. The Kier molecular flexibility index (Phi) is 6.40. The van der Waals surface area contributed by atoms with E-state index in [1.54, 1.807) is 6.20 Å². The number of rotatable bonds is 5. The molecule has 1 fully saturated rings. The van der Waals surface area contributed by atoms with Gasteiger partial charge in [-0.25, -0.2) is 15.0 Å². The Labute approximate surface area is 195 Å². The minimum absolute atomic E-state index is 0.179. The maximum absolute atomic E-state index is 13.3. The van der Waals surface area contributed by atoms with E-state index in [1.165, 1.54) is 5.56 Å². The summed E-state index contributed by atoms with van der Waals surface area (Å²) < 4.78 is 0. The molecule has 3 aromatic rings. The van der Waals surface area contributed by atoms with Crippen molar-refractivity contribution in [2.24, 2.45) is 0 Å². The van der Waals surface area contributed by atoms with Crippen LogP contribution in [-0.4, -0.2) is 43.8 Å². The van der Waals surface area contributed by atoms with Crippen molar-refractivity contribution in [3.63, 3.8) is 0 Å². The third-order valence-corrected chi connectivity index (χ3v) is 6.38. The van der Waals surface area contributed by atoms with Crippen LogP contribution in [0.4, 0.5) is 11.8 Å². The number of nitrogens with one attached hydrogen (secondary N) is 1. The van der Waals surface area contributed by atoms with Crippen molar-refractivity contribution in [2.45, 2.75) is 58.8 Å². The fraction of sp³-hybridized carbons (Fsp3) is 0.423. The molecule has 1 aromatic carbocycles. The Balaban J connectivity index is 1.41. The lowest BCUT2D eigenvalue weighted by molar-refractivity contribution is -0.137. The molecule has 0 atom stereocenters. The summed E-state index contributed by atoms with van der Waals surface area (Å²) in [5, 5.41) is 3.17. The standard InChI is InChI=1S/C26H32N6O/c1-17-6-8-21(9-7-17)26(4,5)24(33)32-12-10-20(11-13-32)22-15-27-16-23(30-22)31-25-28-18(2)14-19(3)29-25/h6-9,14-16,20H,10-13H2,1-5H3,(H,28,29,30,31). The number of nitrogens with zero attached hydrogens (tertiary/aromatic N) is 5. The van der Waals surface area contributed by atoms with Crippen LogP contribution in [0.15, 0.2) is 42.7 Å². The van der Waals surface area contributed by atoms with Gasteiger partial charge in [0, 0.05) is 36.6 Å². The van der Waals surface area contributed by atoms with Crippen molar-refractivity contribution in [1.82, 2.24) is 24.8 Å². The van der Waals surface area contributed by atoms with Gasteiger partial charge in [-0.2, -0.15) is 0 Å². The largest absolute Gasteiger partial charge is 0.342 e. The molecule has 1 aliphatic rings. The van der Waals surface area contributed by atoms with Crippen LogP contribution < -0.4 is 5.32 Å². The predicted octanol–water partition coefficient (Wildman–Crippen LogP) is 4.62. The fourth-order valence-electron chi connectivity index (χ4n) is 4.40. The van der Waals surface area contributed by atoms with Gasteiger partial charge in [-0.05, 0) is 59.1 Å². The molecule has 0 saturated carbocycles. The highest BCUT2D eigenvalue weighted by Crippen LogP contribution is 2.31. The minimum atomic E-state index is -0.546. The molecule has 33 heavy (non-hydrogen) atoms. The second kappa shape index (κ2) is 9.25. The van der Waals surface area contributed by atoms with E-state index in [1.807, 2.05) is 44.9 Å². The molecule has 0 radical (unpaired) electrons. The van der Waals surface area contributed by atoms with Crippen LogP contribution in [0.5, 0.6) is 0 Å². The molecule has 1 amide bonds. The van der Waals surface area contributed by atoms with E-state index in [0.717, 1.165) is 48.6 Å². The lowest BCUT2D eigenvalue weighted by Crippen LogP contribution is -2.46. The zero-order valence-corrected chi connectivity index (χ0v) is 20.1. The lowest BCUT2D eigenvalue weighted by atomic mass is 9.82. The average Bonchev–Trinajstić information content (AvgIpc) is 2.78. The molecule has 1 aliphatic heterocycles. The number of hydrogen-bond acceptors (Lipinski definition) is 6. The molecule has 0 bridgehead atoms. The number of carbonyl (C=O) groups is 1. The quantitative estimate of drug-likeness (QED) is 0.618. The van der Waals surface area contributed by atoms with Crippen molar-refractivity contribution in [2.75, 3.05) is 18.4 Å². The predicted molar refractivity (Wildman–Crippen MR) is 130 cm³/mol. The molecule has 7 nitrogen and oxygen atoms in total. The molecular weight excluding hydrogens is 412 g/mol. The Bertz CT molecular complexity index is 1110. The molecule has 0 spiro atoms. The highest BCUT2D eigenvalue weighted by molar-refractivity contribution is 5.87. The molecule has 1 saturated heterocycles. The average molecular weight is 445 g/mol. The summed E-state index contributed by atoms with van der Waals surface area (Å²) in [4.78, 5) is 33.3. The second-order valence-electron chi connectivity index (χ2n) is 9.49. The van der Waals surface area contributed by atoms with E-state index in [2.05, 4.69) is 51.5 Å². The van der Waals surface area contributed by atoms with Gasteiger partial charge >= 0.3 is 0 Å². The molecule has 172 valence electrons. The van der Waals surface area contributed by atoms with Crippen molar-refractivity contribution in [3.05, 3.63) is 70.9 Å². The van der Waals surface area contributed by atoms with Gasteiger partial charge in [-0.15, -0.1) is 0 Å². The van der Waals surface area contributed by atoms with E-state index in [4.69, 9.17) is 4.98 Å². The van der Waals surface area contributed by atoms with Gasteiger partial charge in [0.15, 0.2) is 5.82 Å². The summed E-state index contributed by atoms with van der Waals surface area (Å²) in [5.74, 6) is 1.61. The summed E-state index contributed by atoms with van der Waals surface area (Å²) >= 11 is 0. The van der Waals surface area contributed by atoms with Gasteiger partial charge in [0.1, 0.15) is 0 Å². The minimum Gasteiger partial charge on any atom is -0.342 e. The van der Waals surface area contributed by atoms with Crippen LogP contribution in [0.25, 0.3) is 0 Å². The molecule has 2 aromatic heterocycles. The third kappa shape index (κ3) is 5.18. The van der Waals surface area contributed by atoms with Crippen LogP contribution in [0.2, 0.25) is 0 Å². The molecule has 7 heteroatoms. The summed E-state index contributed by atoms with van der Waals surface area (Å²) in [6.07, 6.45) is 5.25.